The molecule has 4 atom stereocenters. The Morgan fingerprint density at radius 3 is 2.71 bits per heavy atom. The summed E-state index contributed by atoms with van der Waals surface area (Å²) >= 11 is 0. The second kappa shape index (κ2) is 3.51. The van der Waals surface area contributed by atoms with Crippen LogP contribution in [0.2, 0.25) is 0 Å². The number of rotatable bonds is 2. The largest absolute Gasteiger partial charge is 0.387 e. The first-order chi connectivity index (χ1) is 6.53. The van der Waals surface area contributed by atoms with Crippen LogP contribution in [0.1, 0.15) is 13.8 Å². The van der Waals surface area contributed by atoms with Gasteiger partial charge in [-0.3, -0.25) is 4.57 Å². The fourth-order valence-electron chi connectivity index (χ4n) is 1.78. The van der Waals surface area contributed by atoms with Gasteiger partial charge >= 0.3 is 0 Å². The summed E-state index contributed by atoms with van der Waals surface area (Å²) in [7, 11) is -0.0412. The summed E-state index contributed by atoms with van der Waals surface area (Å²) in [6.45, 7) is 3.53. The van der Waals surface area contributed by atoms with Crippen LogP contribution in [0.15, 0.2) is 0 Å². The minimum Gasteiger partial charge on any atom is -0.387 e. The van der Waals surface area contributed by atoms with Gasteiger partial charge in [0.25, 0.3) is 0 Å². The van der Waals surface area contributed by atoms with Crippen LogP contribution in [0.4, 0.5) is 0 Å². The number of ether oxygens (including phenoxy) is 3. The van der Waals surface area contributed by atoms with E-state index < -0.39 is 30.4 Å². The van der Waals surface area contributed by atoms with Crippen molar-refractivity contribution in [1.82, 2.24) is 0 Å². The topological polar surface area (TPSA) is 65.0 Å². The van der Waals surface area contributed by atoms with Crippen molar-refractivity contribution in [2.75, 3.05) is 6.16 Å². The van der Waals surface area contributed by atoms with E-state index in [1.54, 1.807) is 13.8 Å². The van der Waals surface area contributed by atoms with Crippen LogP contribution >= 0.6 is 8.46 Å². The maximum absolute atomic E-state index is 10.4. The minimum absolute atomic E-state index is 0.0412. The lowest BCUT2D eigenvalue weighted by Gasteiger charge is -2.21. The van der Waals surface area contributed by atoms with Gasteiger partial charge in [-0.25, -0.2) is 0 Å². The summed E-state index contributed by atoms with van der Waals surface area (Å²) in [6.07, 6.45) is -1.95. The highest BCUT2D eigenvalue weighted by atomic mass is 31.1. The summed E-state index contributed by atoms with van der Waals surface area (Å²) in [5.41, 5.74) is 0. The van der Waals surface area contributed by atoms with Gasteiger partial charge in [-0.05, 0) is 13.8 Å². The zero-order chi connectivity index (χ0) is 10.3. The smallest absolute Gasteiger partial charge is 0.190 e. The molecule has 0 saturated carbocycles. The number of fused-ring (bicyclic) bond motifs is 1. The first-order valence-corrected chi connectivity index (χ1v) is 5.51. The third-order valence-electron chi connectivity index (χ3n) is 2.37. The summed E-state index contributed by atoms with van der Waals surface area (Å²) < 4.78 is 26.6. The molecule has 2 aliphatic rings. The van der Waals surface area contributed by atoms with Crippen LogP contribution in [0.5, 0.6) is 0 Å². The molecule has 0 aromatic heterocycles. The van der Waals surface area contributed by atoms with Crippen molar-refractivity contribution < 1.29 is 23.9 Å². The summed E-state index contributed by atoms with van der Waals surface area (Å²) in [5, 5.41) is 9.75. The molecule has 0 spiro atoms. The predicted octanol–water partition coefficient (Wildman–Crippen LogP) is 0.515. The Labute approximate surface area is 83.5 Å². The lowest BCUT2D eigenvalue weighted by molar-refractivity contribution is -0.211. The van der Waals surface area contributed by atoms with E-state index in [-0.39, 0.29) is 14.6 Å². The predicted molar refractivity (Wildman–Crippen MR) is 47.2 cm³/mol. The molecule has 2 fully saturated rings. The lowest BCUT2D eigenvalue weighted by atomic mass is 10.1. The molecule has 0 unspecified atom stereocenters. The van der Waals surface area contributed by atoms with Crippen molar-refractivity contribution in [3.8, 4) is 0 Å². The minimum atomic E-state index is -0.761. The van der Waals surface area contributed by atoms with E-state index in [0.717, 1.165) is 0 Å². The fraction of sp³-hybridized carbons (Fsp3) is 1.00. The van der Waals surface area contributed by atoms with Crippen LogP contribution in [0.25, 0.3) is 0 Å². The molecule has 1 N–H and O–H groups in total. The zero-order valence-electron chi connectivity index (χ0n) is 8.04. The van der Waals surface area contributed by atoms with E-state index in [1.165, 1.54) is 0 Å². The highest BCUT2D eigenvalue weighted by molar-refractivity contribution is 7.23. The molecule has 0 aliphatic carbocycles. The zero-order valence-corrected chi connectivity index (χ0v) is 8.94. The maximum atomic E-state index is 10.4. The number of hydrogen-bond donors (Lipinski definition) is 1. The highest BCUT2D eigenvalue weighted by Gasteiger charge is 2.54. The Bertz CT molecular complexity index is 244. The molecule has 2 rings (SSSR count). The summed E-state index contributed by atoms with van der Waals surface area (Å²) in [6, 6.07) is 0. The molecule has 0 radical (unpaired) electrons. The van der Waals surface area contributed by atoms with Crippen LogP contribution in [-0.4, -0.2) is 41.7 Å². The Morgan fingerprint density at radius 1 is 1.43 bits per heavy atom. The highest BCUT2D eigenvalue weighted by Crippen LogP contribution is 2.37. The van der Waals surface area contributed by atoms with Gasteiger partial charge in [0.1, 0.15) is 18.3 Å². The van der Waals surface area contributed by atoms with Crippen molar-refractivity contribution in [3.05, 3.63) is 0 Å². The van der Waals surface area contributed by atoms with Gasteiger partial charge in [-0.1, -0.05) is 0 Å². The molecule has 2 aliphatic heterocycles. The van der Waals surface area contributed by atoms with E-state index >= 15 is 0 Å². The van der Waals surface area contributed by atoms with Gasteiger partial charge in [0, 0.05) is 0 Å². The first kappa shape index (κ1) is 10.5. The molecular formula is C8H13O5P. The number of aliphatic hydroxyl groups is 1. The Kier molecular flexibility index (Phi) is 2.62. The van der Waals surface area contributed by atoms with Crippen molar-refractivity contribution in [2.45, 2.75) is 44.2 Å². The summed E-state index contributed by atoms with van der Waals surface area (Å²) in [4.78, 5) is 0. The van der Waals surface area contributed by atoms with Crippen LogP contribution in [0.3, 0.4) is 0 Å². The van der Waals surface area contributed by atoms with Crippen molar-refractivity contribution in [1.29, 1.82) is 0 Å². The summed E-state index contributed by atoms with van der Waals surface area (Å²) in [5.74, 6) is -0.712. The van der Waals surface area contributed by atoms with Crippen LogP contribution < -0.4 is 0 Å². The van der Waals surface area contributed by atoms with E-state index in [9.17, 15) is 9.67 Å². The van der Waals surface area contributed by atoms with Crippen LogP contribution in [-0.2, 0) is 18.8 Å². The Balaban J connectivity index is 2.04. The molecule has 14 heavy (non-hydrogen) atoms. The second-order valence-electron chi connectivity index (χ2n) is 3.95. The average molecular weight is 220 g/mol. The fourth-order valence-corrected chi connectivity index (χ4v) is 2.23. The molecule has 0 aromatic rings. The van der Waals surface area contributed by atoms with E-state index in [0.29, 0.717) is 0 Å². The first-order valence-electron chi connectivity index (χ1n) is 4.52. The second-order valence-corrected chi connectivity index (χ2v) is 4.57. The van der Waals surface area contributed by atoms with E-state index in [2.05, 4.69) is 0 Å². The quantitative estimate of drug-likeness (QED) is 0.687. The van der Waals surface area contributed by atoms with Gasteiger partial charge in [-0.15, -0.1) is 0 Å². The van der Waals surface area contributed by atoms with Crippen LogP contribution in [0, 0.1) is 0 Å². The van der Waals surface area contributed by atoms with Crippen molar-refractivity contribution in [3.63, 3.8) is 0 Å². The van der Waals surface area contributed by atoms with E-state index in [1.807, 2.05) is 0 Å². The van der Waals surface area contributed by atoms with Gasteiger partial charge in [0.05, 0.1) is 6.16 Å². The average Bonchev–Trinajstić information content (AvgIpc) is 2.50. The molecule has 80 valence electrons. The molecule has 5 nitrogen and oxygen atoms in total. The standard InChI is InChI=1S/C8H13O5P/c1-8(2)12-6-5(9)4(3-14-10)11-7(6)13-8/h4-7,9H,3H2,1-2H3/t4-,5+,6-,7-/m1/s1. The number of hydrogen-bond acceptors (Lipinski definition) is 5. The van der Waals surface area contributed by atoms with Crippen molar-refractivity contribution >= 4 is 8.46 Å². The van der Waals surface area contributed by atoms with Gasteiger partial charge < -0.3 is 19.3 Å². The monoisotopic (exact) mass is 220 g/mol. The maximum Gasteiger partial charge on any atom is 0.190 e. The molecule has 0 aromatic carbocycles. The van der Waals surface area contributed by atoms with Gasteiger partial charge in [0.2, 0.25) is 0 Å². The molecule has 6 heteroatoms. The van der Waals surface area contributed by atoms with Gasteiger partial charge in [0.15, 0.2) is 20.5 Å². The lowest BCUT2D eigenvalue weighted by Crippen LogP contribution is -2.35. The molecule has 0 bridgehead atoms. The number of aliphatic hydroxyl groups excluding tert-OH is 1. The molecule has 2 heterocycles. The van der Waals surface area contributed by atoms with Crippen molar-refractivity contribution in [2.24, 2.45) is 0 Å². The molecule has 2 saturated heterocycles. The molecule has 0 amide bonds. The third-order valence-corrected chi connectivity index (χ3v) is 2.88. The Hall–Kier alpha value is -0.0600. The third kappa shape index (κ3) is 1.71. The normalized spacial score (nSPS) is 45.6. The van der Waals surface area contributed by atoms with E-state index in [4.69, 9.17) is 14.2 Å². The van der Waals surface area contributed by atoms with Gasteiger partial charge in [-0.2, -0.15) is 0 Å². The Morgan fingerprint density at radius 2 is 2.14 bits per heavy atom. The molecular weight excluding hydrogens is 207 g/mol. The SMILES string of the molecule is CC1(C)O[C@H]2O[C@H](CP=O)[C@H](O)[C@H]2O1.